The molecule has 1 heterocycles. The maximum absolute atomic E-state index is 11.7. The number of carbonyl (C=O) groups excluding carboxylic acids is 1. The van der Waals surface area contributed by atoms with Crippen molar-refractivity contribution in [1.29, 1.82) is 0 Å². The van der Waals surface area contributed by atoms with Gasteiger partial charge in [-0.25, -0.2) is 4.79 Å². The number of alkyl halides is 1. The molecule has 1 aromatic rings. The molecule has 0 atom stereocenters. The highest BCUT2D eigenvalue weighted by atomic mass is 127. The van der Waals surface area contributed by atoms with E-state index in [-0.39, 0.29) is 16.7 Å². The quantitative estimate of drug-likeness (QED) is 0.325. The van der Waals surface area contributed by atoms with E-state index in [1.807, 2.05) is 0 Å². The molecule has 2 rings (SSSR count). The Morgan fingerprint density at radius 1 is 1.36 bits per heavy atom. The lowest BCUT2D eigenvalue weighted by Crippen LogP contribution is -2.49. The first-order chi connectivity index (χ1) is 10.6. The Labute approximate surface area is 142 Å². The number of rotatable bonds is 4. The Morgan fingerprint density at radius 3 is 2.59 bits per heavy atom. The first kappa shape index (κ1) is 16.8. The average molecular weight is 419 g/mol. The molecule has 8 heteroatoms. The summed E-state index contributed by atoms with van der Waals surface area (Å²) in [5, 5.41) is 10.9. The second-order valence-electron chi connectivity index (χ2n) is 4.88. The van der Waals surface area contributed by atoms with Crippen molar-refractivity contribution >= 4 is 40.1 Å². The highest BCUT2D eigenvalue weighted by Gasteiger charge is 2.23. The Bertz CT molecular complexity index is 559. The number of halogens is 1. The SMILES string of the molecule is CCOC(=O)N1CCN(c2ccc([N+](=O)[O-])cc2CI)CC1. The minimum Gasteiger partial charge on any atom is -0.450 e. The van der Waals surface area contributed by atoms with Crippen LogP contribution >= 0.6 is 22.6 Å². The summed E-state index contributed by atoms with van der Waals surface area (Å²) >= 11 is 2.21. The zero-order valence-electron chi connectivity index (χ0n) is 12.3. The number of piperazine rings is 1. The summed E-state index contributed by atoms with van der Waals surface area (Å²) in [5.74, 6) is 0. The summed E-state index contributed by atoms with van der Waals surface area (Å²) in [7, 11) is 0. The molecular formula is C14H18IN3O4. The van der Waals surface area contributed by atoms with Crippen LogP contribution in [0.1, 0.15) is 12.5 Å². The minimum atomic E-state index is -0.377. The van der Waals surface area contributed by atoms with Crippen molar-refractivity contribution in [3.63, 3.8) is 0 Å². The van der Waals surface area contributed by atoms with Crippen molar-refractivity contribution in [1.82, 2.24) is 4.90 Å². The standard InChI is InChI=1S/C14H18IN3O4/c1-2-22-14(19)17-7-5-16(6-8-17)13-4-3-12(18(20)21)9-11(13)10-15/h3-4,9H,2,5-8,10H2,1H3. The van der Waals surface area contributed by atoms with Gasteiger partial charge >= 0.3 is 6.09 Å². The third-order valence-corrected chi connectivity index (χ3v) is 4.39. The Morgan fingerprint density at radius 2 is 2.05 bits per heavy atom. The summed E-state index contributed by atoms with van der Waals surface area (Å²) in [5.41, 5.74) is 2.06. The number of nitro groups is 1. The minimum absolute atomic E-state index is 0.112. The van der Waals surface area contributed by atoms with E-state index in [9.17, 15) is 14.9 Å². The predicted octanol–water partition coefficient (Wildman–Crippen LogP) is 2.81. The summed E-state index contributed by atoms with van der Waals surface area (Å²) in [4.78, 5) is 26.0. The number of benzene rings is 1. The van der Waals surface area contributed by atoms with E-state index in [1.165, 1.54) is 6.07 Å². The molecule has 0 unspecified atom stereocenters. The van der Waals surface area contributed by atoms with Gasteiger partial charge in [-0.15, -0.1) is 0 Å². The lowest BCUT2D eigenvalue weighted by molar-refractivity contribution is -0.384. The van der Waals surface area contributed by atoms with Gasteiger partial charge in [-0.1, -0.05) is 22.6 Å². The highest BCUT2D eigenvalue weighted by Crippen LogP contribution is 2.28. The van der Waals surface area contributed by atoms with Crippen LogP contribution in [-0.4, -0.2) is 48.7 Å². The van der Waals surface area contributed by atoms with E-state index >= 15 is 0 Å². The summed E-state index contributed by atoms with van der Waals surface area (Å²) in [6.45, 7) is 4.74. The number of hydrogen-bond donors (Lipinski definition) is 0. The maximum atomic E-state index is 11.7. The van der Waals surface area contributed by atoms with Crippen LogP contribution in [0, 0.1) is 10.1 Å². The van der Waals surface area contributed by atoms with Crippen LogP contribution in [-0.2, 0) is 9.16 Å². The molecular weight excluding hydrogens is 401 g/mol. The van der Waals surface area contributed by atoms with Crippen molar-refractivity contribution < 1.29 is 14.5 Å². The average Bonchev–Trinajstić information content (AvgIpc) is 2.54. The zero-order valence-corrected chi connectivity index (χ0v) is 14.5. The molecule has 1 aromatic carbocycles. The number of ether oxygens (including phenoxy) is 1. The van der Waals surface area contributed by atoms with Gasteiger partial charge in [0, 0.05) is 48.4 Å². The molecule has 0 spiro atoms. The van der Waals surface area contributed by atoms with Crippen LogP contribution in [0.2, 0.25) is 0 Å². The third-order valence-electron chi connectivity index (χ3n) is 3.56. The first-order valence-electron chi connectivity index (χ1n) is 7.06. The number of anilines is 1. The van der Waals surface area contributed by atoms with Gasteiger partial charge in [0.05, 0.1) is 11.5 Å². The molecule has 0 radical (unpaired) electrons. The lowest BCUT2D eigenvalue weighted by atomic mass is 10.1. The number of non-ortho nitro benzene ring substituents is 1. The van der Waals surface area contributed by atoms with Gasteiger partial charge in [-0.2, -0.15) is 0 Å². The lowest BCUT2D eigenvalue weighted by Gasteiger charge is -2.36. The number of amides is 1. The summed E-state index contributed by atoms with van der Waals surface area (Å²) in [6, 6.07) is 4.95. The zero-order chi connectivity index (χ0) is 16.1. The smallest absolute Gasteiger partial charge is 0.409 e. The Kier molecular flexibility index (Phi) is 5.81. The maximum Gasteiger partial charge on any atom is 0.409 e. The first-order valence-corrected chi connectivity index (χ1v) is 8.59. The molecule has 1 aliphatic rings. The van der Waals surface area contributed by atoms with Gasteiger partial charge in [0.1, 0.15) is 0 Å². The van der Waals surface area contributed by atoms with Crippen molar-refractivity contribution in [2.75, 3.05) is 37.7 Å². The van der Waals surface area contributed by atoms with Gasteiger partial charge in [-0.3, -0.25) is 10.1 Å². The Hall–Kier alpha value is -1.58. The fraction of sp³-hybridized carbons (Fsp3) is 0.500. The van der Waals surface area contributed by atoms with E-state index in [0.717, 1.165) is 11.3 Å². The predicted molar refractivity (Wildman–Crippen MR) is 91.6 cm³/mol. The Balaban J connectivity index is 2.08. The fourth-order valence-corrected chi connectivity index (χ4v) is 3.06. The monoisotopic (exact) mass is 419 g/mol. The third kappa shape index (κ3) is 3.79. The molecule has 0 N–H and O–H groups in total. The molecule has 1 saturated heterocycles. The molecule has 1 fully saturated rings. The molecule has 22 heavy (non-hydrogen) atoms. The van der Waals surface area contributed by atoms with Crippen LogP contribution in [0.5, 0.6) is 0 Å². The van der Waals surface area contributed by atoms with Crippen molar-refractivity contribution in [2.24, 2.45) is 0 Å². The van der Waals surface area contributed by atoms with Gasteiger partial charge in [-0.05, 0) is 18.6 Å². The van der Waals surface area contributed by atoms with E-state index in [2.05, 4.69) is 27.5 Å². The topological polar surface area (TPSA) is 75.9 Å². The van der Waals surface area contributed by atoms with E-state index < -0.39 is 0 Å². The molecule has 0 aliphatic carbocycles. The molecule has 0 bridgehead atoms. The van der Waals surface area contributed by atoms with Gasteiger partial charge in [0.25, 0.3) is 5.69 Å². The fourth-order valence-electron chi connectivity index (χ4n) is 2.45. The second-order valence-corrected chi connectivity index (χ2v) is 5.64. The van der Waals surface area contributed by atoms with E-state index in [4.69, 9.17) is 4.74 Å². The molecule has 1 aliphatic heterocycles. The normalized spacial score (nSPS) is 14.8. The largest absolute Gasteiger partial charge is 0.450 e. The van der Waals surface area contributed by atoms with Crippen LogP contribution in [0.25, 0.3) is 0 Å². The number of nitro benzene ring substituents is 1. The number of nitrogens with zero attached hydrogens (tertiary/aromatic N) is 3. The molecule has 0 aromatic heterocycles. The van der Waals surface area contributed by atoms with Gasteiger partial charge < -0.3 is 14.5 Å². The highest BCUT2D eigenvalue weighted by molar-refractivity contribution is 14.1. The molecule has 120 valence electrons. The van der Waals surface area contributed by atoms with E-state index in [1.54, 1.807) is 24.0 Å². The summed E-state index contributed by atoms with van der Waals surface area (Å²) in [6.07, 6.45) is -0.278. The van der Waals surface area contributed by atoms with Crippen LogP contribution < -0.4 is 4.90 Å². The molecule has 7 nitrogen and oxygen atoms in total. The van der Waals surface area contributed by atoms with Crippen LogP contribution in [0.4, 0.5) is 16.2 Å². The summed E-state index contributed by atoms with van der Waals surface area (Å²) < 4.78 is 5.70. The number of carbonyl (C=O) groups is 1. The van der Waals surface area contributed by atoms with Crippen molar-refractivity contribution in [3.05, 3.63) is 33.9 Å². The van der Waals surface area contributed by atoms with E-state index in [0.29, 0.717) is 37.2 Å². The molecule has 0 saturated carbocycles. The van der Waals surface area contributed by atoms with Gasteiger partial charge in [0.15, 0.2) is 0 Å². The second kappa shape index (κ2) is 7.61. The van der Waals surface area contributed by atoms with Crippen molar-refractivity contribution in [3.8, 4) is 0 Å². The van der Waals surface area contributed by atoms with Crippen LogP contribution in [0.3, 0.4) is 0 Å². The van der Waals surface area contributed by atoms with Crippen LogP contribution in [0.15, 0.2) is 18.2 Å². The van der Waals surface area contributed by atoms with Crippen molar-refractivity contribution in [2.45, 2.75) is 11.4 Å². The van der Waals surface area contributed by atoms with Gasteiger partial charge in [0.2, 0.25) is 0 Å². The number of hydrogen-bond acceptors (Lipinski definition) is 5. The molecule has 1 amide bonds.